The summed E-state index contributed by atoms with van der Waals surface area (Å²) in [5, 5.41) is 8.29. The molecule has 3 aliphatic rings. The van der Waals surface area contributed by atoms with Crippen molar-refractivity contribution in [2.24, 2.45) is 13.0 Å². The highest BCUT2D eigenvalue weighted by Gasteiger charge is 2.57. The van der Waals surface area contributed by atoms with Gasteiger partial charge in [-0.2, -0.15) is 5.10 Å². The Balaban J connectivity index is 1.33. The van der Waals surface area contributed by atoms with E-state index in [0.29, 0.717) is 11.5 Å². The van der Waals surface area contributed by atoms with Gasteiger partial charge in [-0.05, 0) is 61.3 Å². The van der Waals surface area contributed by atoms with Gasteiger partial charge in [-0.25, -0.2) is 0 Å². The molecule has 3 heteroatoms. The van der Waals surface area contributed by atoms with E-state index in [-0.39, 0.29) is 0 Å². The van der Waals surface area contributed by atoms with Crippen molar-refractivity contribution >= 4 is 0 Å². The van der Waals surface area contributed by atoms with Crippen molar-refractivity contribution in [3.63, 3.8) is 0 Å². The Kier molecular flexibility index (Phi) is 3.74. The normalized spacial score (nSPS) is 28.4. The second kappa shape index (κ2) is 5.98. The molecule has 0 amide bonds. The molecule has 0 saturated heterocycles. The molecule has 5 rings (SSSR count). The first-order valence-electron chi connectivity index (χ1n) is 10.1. The number of aryl methyl sites for hydroxylation is 2. The number of benzene rings is 1. The fraction of sp³-hybridized carbons (Fsp3) is 0.591. The largest absolute Gasteiger partial charge is 0.313 e. The zero-order valence-corrected chi connectivity index (χ0v) is 15.3. The first kappa shape index (κ1) is 15.6. The molecule has 2 aromatic rings. The molecule has 1 spiro atoms. The van der Waals surface area contributed by atoms with Crippen molar-refractivity contribution < 1.29 is 0 Å². The highest BCUT2D eigenvalue weighted by molar-refractivity contribution is 5.66. The molecule has 132 valence electrons. The predicted molar refractivity (Wildman–Crippen MR) is 102 cm³/mol. The van der Waals surface area contributed by atoms with E-state index in [1.165, 1.54) is 69.0 Å². The smallest absolute Gasteiger partial charge is 0.0568 e. The van der Waals surface area contributed by atoms with Gasteiger partial charge < -0.3 is 5.32 Å². The van der Waals surface area contributed by atoms with Crippen LogP contribution in [-0.4, -0.2) is 22.4 Å². The van der Waals surface area contributed by atoms with Gasteiger partial charge in [0.25, 0.3) is 0 Å². The van der Waals surface area contributed by atoms with E-state index in [4.69, 9.17) is 0 Å². The first-order chi connectivity index (χ1) is 12.2. The van der Waals surface area contributed by atoms with Crippen LogP contribution >= 0.6 is 0 Å². The molecule has 1 heterocycles. The summed E-state index contributed by atoms with van der Waals surface area (Å²) in [7, 11) is 1.99. The zero-order chi connectivity index (χ0) is 16.9. The third-order valence-corrected chi connectivity index (χ3v) is 6.98. The van der Waals surface area contributed by atoms with Gasteiger partial charge >= 0.3 is 0 Å². The maximum absolute atomic E-state index is 4.34. The van der Waals surface area contributed by atoms with E-state index >= 15 is 0 Å². The lowest BCUT2D eigenvalue weighted by molar-refractivity contribution is 0.337. The third-order valence-electron chi connectivity index (χ3n) is 6.98. The van der Waals surface area contributed by atoms with E-state index in [9.17, 15) is 0 Å². The van der Waals surface area contributed by atoms with E-state index < -0.39 is 0 Å². The van der Waals surface area contributed by atoms with Gasteiger partial charge in [0.15, 0.2) is 0 Å². The molecule has 3 aliphatic carbocycles. The highest BCUT2D eigenvalue weighted by atomic mass is 15.2. The lowest BCUT2D eigenvalue weighted by atomic mass is 9.89. The van der Waals surface area contributed by atoms with Crippen LogP contribution < -0.4 is 5.32 Å². The van der Waals surface area contributed by atoms with E-state index in [0.717, 1.165) is 5.92 Å². The molecule has 25 heavy (non-hydrogen) atoms. The molecule has 1 aromatic carbocycles. The van der Waals surface area contributed by atoms with Gasteiger partial charge in [0.2, 0.25) is 0 Å². The van der Waals surface area contributed by atoms with Crippen molar-refractivity contribution in [1.82, 2.24) is 15.1 Å². The summed E-state index contributed by atoms with van der Waals surface area (Å²) in [6, 6.07) is 7.81. The lowest BCUT2D eigenvalue weighted by Gasteiger charge is -2.22. The minimum Gasteiger partial charge on any atom is -0.313 e. The Morgan fingerprint density at radius 3 is 2.88 bits per heavy atom. The van der Waals surface area contributed by atoms with E-state index in [2.05, 4.69) is 34.8 Å². The van der Waals surface area contributed by atoms with Crippen LogP contribution in [0, 0.1) is 5.92 Å². The molecule has 0 aliphatic heterocycles. The Morgan fingerprint density at radius 1 is 1.20 bits per heavy atom. The molecule has 0 bridgehead atoms. The van der Waals surface area contributed by atoms with Gasteiger partial charge in [-0.3, -0.25) is 4.68 Å². The molecule has 1 aromatic heterocycles. The Hall–Kier alpha value is -1.61. The fourth-order valence-corrected chi connectivity index (χ4v) is 5.35. The van der Waals surface area contributed by atoms with Gasteiger partial charge in [0.1, 0.15) is 0 Å². The van der Waals surface area contributed by atoms with Crippen LogP contribution in [0.25, 0.3) is 11.1 Å². The van der Waals surface area contributed by atoms with Crippen LogP contribution in [-0.2, 0) is 18.9 Å². The fourth-order valence-electron chi connectivity index (χ4n) is 5.35. The molecule has 2 saturated carbocycles. The van der Waals surface area contributed by atoms with Crippen molar-refractivity contribution in [3.05, 3.63) is 41.7 Å². The van der Waals surface area contributed by atoms with Crippen molar-refractivity contribution in [2.45, 2.75) is 62.8 Å². The number of rotatable bonds is 4. The summed E-state index contributed by atoms with van der Waals surface area (Å²) in [4.78, 5) is 0. The summed E-state index contributed by atoms with van der Waals surface area (Å²) in [6.45, 7) is 1.24. The maximum atomic E-state index is 4.34. The number of nitrogens with one attached hydrogen (secondary N) is 1. The number of nitrogens with zero attached hydrogens (tertiary/aromatic N) is 2. The highest BCUT2D eigenvalue weighted by Crippen LogP contribution is 2.57. The SMILES string of the molecule is Cn1cc(-c2ccc3c(c2)C2(CC3)CC2NCC2CCCCC2)cn1. The summed E-state index contributed by atoms with van der Waals surface area (Å²) in [5.41, 5.74) is 6.19. The van der Waals surface area contributed by atoms with Crippen molar-refractivity contribution in [2.75, 3.05) is 6.54 Å². The summed E-state index contributed by atoms with van der Waals surface area (Å²) in [6.07, 6.45) is 15.2. The average Bonchev–Trinajstić information content (AvgIpc) is 2.97. The lowest BCUT2D eigenvalue weighted by Crippen LogP contribution is -2.30. The quantitative estimate of drug-likeness (QED) is 0.907. The second-order valence-corrected chi connectivity index (χ2v) is 8.60. The number of hydrogen-bond acceptors (Lipinski definition) is 2. The number of aromatic nitrogens is 2. The summed E-state index contributed by atoms with van der Waals surface area (Å²) < 4.78 is 1.89. The number of fused-ring (bicyclic) bond motifs is 2. The molecule has 3 nitrogen and oxygen atoms in total. The molecule has 2 unspecified atom stereocenters. The zero-order valence-electron chi connectivity index (χ0n) is 15.3. The van der Waals surface area contributed by atoms with Gasteiger partial charge in [-0.15, -0.1) is 0 Å². The van der Waals surface area contributed by atoms with Crippen LogP contribution in [0.15, 0.2) is 30.6 Å². The number of hydrogen-bond donors (Lipinski definition) is 1. The van der Waals surface area contributed by atoms with Crippen LogP contribution in [0.4, 0.5) is 0 Å². The summed E-state index contributed by atoms with van der Waals surface area (Å²) >= 11 is 0. The topological polar surface area (TPSA) is 29.9 Å². The monoisotopic (exact) mass is 335 g/mol. The molecule has 2 atom stereocenters. The van der Waals surface area contributed by atoms with Crippen molar-refractivity contribution in [3.8, 4) is 11.1 Å². The summed E-state index contributed by atoms with van der Waals surface area (Å²) in [5.74, 6) is 0.925. The van der Waals surface area contributed by atoms with E-state index in [1.54, 1.807) is 11.1 Å². The molecule has 0 radical (unpaired) electrons. The maximum Gasteiger partial charge on any atom is 0.0568 e. The van der Waals surface area contributed by atoms with Gasteiger partial charge in [-0.1, -0.05) is 37.5 Å². The molecule has 2 fully saturated rings. The van der Waals surface area contributed by atoms with Crippen molar-refractivity contribution in [1.29, 1.82) is 0 Å². The minimum absolute atomic E-state index is 0.433. The molecule has 1 N–H and O–H groups in total. The van der Waals surface area contributed by atoms with Crippen LogP contribution in [0.2, 0.25) is 0 Å². The standard InChI is InChI=1S/C22H29N3/c1-25-15-19(14-24-25)18-8-7-17-9-10-22(20(17)11-18)12-21(22)23-13-16-5-3-2-4-6-16/h7-8,11,14-16,21,23H,2-6,9-10,12-13H2,1H3. The average molecular weight is 335 g/mol. The second-order valence-electron chi connectivity index (χ2n) is 8.60. The first-order valence-corrected chi connectivity index (χ1v) is 10.1. The predicted octanol–water partition coefficient (Wildman–Crippen LogP) is 4.21. The van der Waals surface area contributed by atoms with Crippen LogP contribution in [0.5, 0.6) is 0 Å². The molecular formula is C22H29N3. The van der Waals surface area contributed by atoms with Gasteiger partial charge in [0, 0.05) is 30.3 Å². The Morgan fingerprint density at radius 2 is 2.08 bits per heavy atom. The van der Waals surface area contributed by atoms with Gasteiger partial charge in [0.05, 0.1) is 6.20 Å². The minimum atomic E-state index is 0.433. The van der Waals surface area contributed by atoms with E-state index in [1.807, 2.05) is 17.9 Å². The Bertz CT molecular complexity index is 771. The molecular weight excluding hydrogens is 306 g/mol. The third kappa shape index (κ3) is 2.73. The van der Waals surface area contributed by atoms with Crippen LogP contribution in [0.3, 0.4) is 0 Å². The van der Waals surface area contributed by atoms with Crippen LogP contribution in [0.1, 0.15) is 56.1 Å². The Labute approximate surface area is 150 Å².